The molecule has 0 radical (unpaired) electrons. The Labute approximate surface area is 485 Å². The number of ketones is 1. The number of carbonyl (C=O) groups excluding carboxylic acids is 4. The number of sulfone groups is 2. The normalized spacial score (nSPS) is 18.2. The van der Waals surface area contributed by atoms with Crippen molar-refractivity contribution in [3.63, 3.8) is 0 Å². The smallest absolute Gasteiger partial charge is 0.338 e. The van der Waals surface area contributed by atoms with E-state index in [2.05, 4.69) is 19.6 Å². The van der Waals surface area contributed by atoms with Gasteiger partial charge in [-0.2, -0.15) is 0 Å². The molecule has 0 saturated carbocycles. The van der Waals surface area contributed by atoms with E-state index in [0.29, 0.717) is 37.6 Å². The number of hydrogen-bond acceptors (Lipinski definition) is 14. The first-order valence-corrected chi connectivity index (χ1v) is 31.8. The number of amides is 4. The minimum Gasteiger partial charge on any atom is -0.462 e. The molecule has 4 aromatic rings. The van der Waals surface area contributed by atoms with Gasteiger partial charge in [-0.3, -0.25) is 34.2 Å². The predicted octanol–water partition coefficient (Wildman–Crippen LogP) is 6.41. The van der Waals surface area contributed by atoms with Crippen molar-refractivity contribution in [1.29, 1.82) is 0 Å². The summed E-state index contributed by atoms with van der Waals surface area (Å²) < 4.78 is 111. The van der Waals surface area contributed by atoms with Crippen LogP contribution < -0.4 is 15.5 Å². The molecule has 0 aromatic heterocycles. The second-order valence-corrected chi connectivity index (χ2v) is 27.5. The highest BCUT2D eigenvalue weighted by atomic mass is 32.2. The molecule has 4 saturated heterocycles. The van der Waals surface area contributed by atoms with Crippen LogP contribution in [0.25, 0.3) is 0 Å². The highest BCUT2D eigenvalue weighted by Crippen LogP contribution is 2.27. The molecule has 454 valence electrons. The summed E-state index contributed by atoms with van der Waals surface area (Å²) in [5.41, 5.74) is 6.78. The molecule has 24 heteroatoms. The Morgan fingerprint density at radius 1 is 0.530 bits per heavy atom. The number of urea groups is 2. The van der Waals surface area contributed by atoms with E-state index in [0.717, 1.165) is 75.6 Å². The number of nitrogens with two attached hydrogens (primary N) is 1. The molecule has 0 atom stereocenters. The largest absolute Gasteiger partial charge is 0.462 e. The number of benzene rings is 4. The van der Waals surface area contributed by atoms with Crippen molar-refractivity contribution in [2.45, 2.75) is 72.1 Å². The molecule has 4 aliphatic rings. The number of alkyl halides is 2. The molecule has 18 nitrogen and oxygen atoms in total. The van der Waals surface area contributed by atoms with E-state index in [4.69, 9.17) is 10.5 Å². The minimum absolute atomic E-state index is 0.0611. The monoisotopic (exact) mass is 1200 g/mol. The number of hydrogen-bond donors (Lipinski definition) is 1. The van der Waals surface area contributed by atoms with Crippen LogP contribution in [0.1, 0.15) is 77.6 Å². The third-order valence-corrected chi connectivity index (χ3v) is 18.1. The zero-order valence-corrected chi connectivity index (χ0v) is 49.8. The van der Waals surface area contributed by atoms with E-state index in [1.807, 2.05) is 24.3 Å². The summed E-state index contributed by atoms with van der Waals surface area (Å²) in [4.78, 5) is 65.8. The molecule has 0 unspecified atom stereocenters. The quantitative estimate of drug-likeness (QED) is 0.0651. The topological polar surface area (TPSA) is 198 Å². The Morgan fingerprint density at radius 3 is 1.22 bits per heavy atom. The number of ether oxygens (including phenoxy) is 1. The van der Waals surface area contributed by atoms with E-state index in [1.54, 1.807) is 58.9 Å². The number of esters is 1. The molecule has 4 fully saturated rings. The van der Waals surface area contributed by atoms with Crippen LogP contribution >= 0.6 is 0 Å². The van der Waals surface area contributed by atoms with Gasteiger partial charge in [-0.1, -0.05) is 42.5 Å². The molecule has 8 rings (SSSR count). The maximum atomic E-state index is 15.1. The highest BCUT2D eigenvalue weighted by Gasteiger charge is 2.33. The zero-order chi connectivity index (χ0) is 60.3. The lowest BCUT2D eigenvalue weighted by Crippen LogP contribution is -2.50. The van der Waals surface area contributed by atoms with Crippen molar-refractivity contribution >= 4 is 54.9 Å². The maximum absolute atomic E-state index is 15.1. The Hall–Kier alpha value is -6.02. The summed E-state index contributed by atoms with van der Waals surface area (Å²) >= 11 is 0. The lowest BCUT2D eigenvalue weighted by molar-refractivity contribution is 0.0525. The Balaban J connectivity index is 0.000000239. The average molecular weight is 1200 g/mol. The van der Waals surface area contributed by atoms with Gasteiger partial charge in [0.25, 0.3) is 0 Å². The summed E-state index contributed by atoms with van der Waals surface area (Å²) in [5.74, 6) is -2.77. The number of halogens is 4. The molecule has 0 bridgehead atoms. The fourth-order valence-electron chi connectivity index (χ4n) is 10.4. The number of nitrogens with zero attached hydrogens (tertiary/aromatic N) is 8. The van der Waals surface area contributed by atoms with Crippen LogP contribution in [0, 0.1) is 11.6 Å². The number of rotatable bonds is 18. The average Bonchev–Trinajstić information content (AvgIpc) is 3.61. The van der Waals surface area contributed by atoms with Gasteiger partial charge < -0.3 is 20.3 Å². The Bertz CT molecular complexity index is 3080. The summed E-state index contributed by atoms with van der Waals surface area (Å²) in [7, 11) is -6.39. The molecule has 4 aliphatic heterocycles. The van der Waals surface area contributed by atoms with Crippen molar-refractivity contribution in [3.05, 3.63) is 130 Å². The molecule has 83 heavy (non-hydrogen) atoms. The summed E-state index contributed by atoms with van der Waals surface area (Å²) in [6.07, 6.45) is 0. The first kappa shape index (κ1) is 64.5. The molecule has 4 aromatic carbocycles. The SMILES string of the molecule is CC(C)(F)CN1CCN(Cc2ccc(N(Cc3ccc(C(=O)CN)cc3F)C(=O)N3CCS(=O)(=O)CC3)cc2)CC1.CCOC(=O)c1ccc(CN(C(=O)N2CCS(=O)(=O)CC2)c2ccc(CN3CCN(CC(C)(C)F)CC3)cc2)c(F)c1. The fraction of sp³-hybridized carbons (Fsp3) is 0.525. The van der Waals surface area contributed by atoms with Crippen LogP contribution in [0.2, 0.25) is 0 Å². The first-order chi connectivity index (χ1) is 39.2. The van der Waals surface area contributed by atoms with Crippen LogP contribution in [-0.4, -0.2) is 209 Å². The molecule has 4 heterocycles. The van der Waals surface area contributed by atoms with E-state index >= 15 is 8.78 Å². The number of piperazine rings is 2. The highest BCUT2D eigenvalue weighted by molar-refractivity contribution is 7.91. The van der Waals surface area contributed by atoms with Crippen molar-refractivity contribution in [1.82, 2.24) is 29.4 Å². The fourth-order valence-corrected chi connectivity index (χ4v) is 12.8. The lowest BCUT2D eigenvalue weighted by Gasteiger charge is -2.36. The first-order valence-electron chi connectivity index (χ1n) is 28.1. The number of carbonyl (C=O) groups is 4. The van der Waals surface area contributed by atoms with Gasteiger partial charge in [-0.25, -0.2) is 48.8 Å². The molecule has 4 amide bonds. The Kier molecular flexibility index (Phi) is 22.0. The van der Waals surface area contributed by atoms with Gasteiger partial charge in [-0.05, 0) is 88.2 Å². The van der Waals surface area contributed by atoms with E-state index < -0.39 is 60.7 Å². The van der Waals surface area contributed by atoms with Crippen LogP contribution in [0.3, 0.4) is 0 Å². The lowest BCUT2D eigenvalue weighted by atomic mass is 10.1. The number of anilines is 2. The van der Waals surface area contributed by atoms with E-state index in [-0.39, 0.29) is 103 Å². The van der Waals surface area contributed by atoms with Gasteiger partial charge in [-0.15, -0.1) is 0 Å². The van der Waals surface area contributed by atoms with Crippen molar-refractivity contribution in [2.75, 3.05) is 138 Å². The van der Waals surface area contributed by atoms with Crippen LogP contribution in [-0.2, 0) is 50.6 Å². The van der Waals surface area contributed by atoms with Crippen LogP contribution in [0.15, 0.2) is 84.9 Å². The van der Waals surface area contributed by atoms with Gasteiger partial charge in [0.1, 0.15) is 23.0 Å². The summed E-state index contributed by atoms with van der Waals surface area (Å²) in [6.45, 7) is 16.7. The minimum atomic E-state index is -3.20. The maximum Gasteiger partial charge on any atom is 0.338 e. The van der Waals surface area contributed by atoms with Crippen LogP contribution in [0.4, 0.5) is 38.5 Å². The van der Waals surface area contributed by atoms with Crippen LogP contribution in [0.5, 0.6) is 0 Å². The predicted molar refractivity (Wildman–Crippen MR) is 312 cm³/mol. The van der Waals surface area contributed by atoms with Gasteiger partial charge >= 0.3 is 18.0 Å². The van der Waals surface area contributed by atoms with Crippen molar-refractivity contribution in [3.8, 4) is 0 Å². The van der Waals surface area contributed by atoms with Gasteiger partial charge in [0.15, 0.2) is 25.5 Å². The molecule has 2 N–H and O–H groups in total. The summed E-state index contributed by atoms with van der Waals surface area (Å²) in [5, 5.41) is 0. The molecule has 0 spiro atoms. The van der Waals surface area contributed by atoms with E-state index in [1.165, 1.54) is 43.9 Å². The second-order valence-electron chi connectivity index (χ2n) is 22.9. The molecule has 0 aliphatic carbocycles. The standard InChI is InChI=1S/C30H40F2N4O5S.C29H39F2N5O4S/c1-4-41-28(37)24-7-8-25(27(31)19-24)21-36(29(38)35-15-17-42(39,40)18-16-35)26-9-5-23(6-10-26)20-33-11-13-34(14-12-33)22-30(2,3)32;1-29(2,31)21-34-11-9-33(10-12-34)19-22-3-7-25(8-4-22)36(28(38)35-13-15-41(39,40)16-14-35)20-24-6-5-23(17-26(24)30)27(37)18-32/h5-10,19H,4,11-18,20-22H2,1-3H3;3-8,17H,9-16,18-21,32H2,1-2H3. The van der Waals surface area contributed by atoms with Gasteiger partial charge in [0, 0.05) is 133 Å². The second kappa shape index (κ2) is 28.2. The van der Waals surface area contributed by atoms with Crippen molar-refractivity contribution in [2.24, 2.45) is 5.73 Å². The number of Topliss-reactive ketones (excluding diaryl/α,β-unsaturated/α-hetero) is 1. The van der Waals surface area contributed by atoms with Crippen molar-refractivity contribution < 1.29 is 58.3 Å². The van der Waals surface area contributed by atoms with Gasteiger partial charge in [0.2, 0.25) is 0 Å². The third-order valence-electron chi connectivity index (χ3n) is 14.9. The van der Waals surface area contributed by atoms with Gasteiger partial charge in [0.05, 0.1) is 54.8 Å². The molecular weight excluding hydrogens is 1120 g/mol. The molecular formula is C59H79F4N9O9S2. The summed E-state index contributed by atoms with van der Waals surface area (Å²) in [6, 6.07) is 22.2. The van der Waals surface area contributed by atoms with E-state index in [9.17, 15) is 44.8 Å². The Morgan fingerprint density at radius 2 is 0.880 bits per heavy atom. The third kappa shape index (κ3) is 19.2. The zero-order valence-electron chi connectivity index (χ0n) is 48.2.